The van der Waals surface area contributed by atoms with Crippen LogP contribution in [0.3, 0.4) is 0 Å². The van der Waals surface area contributed by atoms with Gasteiger partial charge in [0.2, 0.25) is 0 Å². The third-order valence-corrected chi connectivity index (χ3v) is 6.23. The number of benzene rings is 1. The number of hydrogen-bond donors (Lipinski definition) is 0. The highest BCUT2D eigenvalue weighted by atomic mass is 16.1. The van der Waals surface area contributed by atoms with Crippen LogP contribution in [-0.2, 0) is 0 Å². The standard InChI is InChI=1S/C22H25N5O/c1-3-14(2)26-13-23-20-18(22(26)28)19-21(27(20)15-9-5-4-6-10-15)25-17-12-8-7-11-16(17)24-19/h7-8,11-15H,3-6,9-10H2,1-2H3/t14-/m1/s1. The molecule has 0 unspecified atom stereocenters. The summed E-state index contributed by atoms with van der Waals surface area (Å²) in [6, 6.07) is 8.30. The maximum absolute atomic E-state index is 13.4. The Morgan fingerprint density at radius 1 is 1.07 bits per heavy atom. The number of rotatable bonds is 3. The van der Waals surface area contributed by atoms with Crippen LogP contribution in [0, 0.1) is 0 Å². The van der Waals surface area contributed by atoms with Crippen molar-refractivity contribution in [1.29, 1.82) is 0 Å². The summed E-state index contributed by atoms with van der Waals surface area (Å²) in [5, 5.41) is 0.613. The van der Waals surface area contributed by atoms with Crippen LogP contribution in [-0.4, -0.2) is 24.1 Å². The van der Waals surface area contributed by atoms with Gasteiger partial charge in [0, 0.05) is 12.1 Å². The molecule has 1 saturated carbocycles. The zero-order valence-electron chi connectivity index (χ0n) is 16.4. The van der Waals surface area contributed by atoms with Crippen LogP contribution in [0.1, 0.15) is 64.5 Å². The Bertz CT molecular complexity index is 1230. The Labute approximate surface area is 163 Å². The molecule has 1 aliphatic rings. The summed E-state index contributed by atoms with van der Waals surface area (Å²) in [6.45, 7) is 4.14. The second-order valence-corrected chi connectivity index (χ2v) is 7.96. The molecule has 144 valence electrons. The maximum atomic E-state index is 13.4. The second kappa shape index (κ2) is 6.69. The van der Waals surface area contributed by atoms with Gasteiger partial charge in [0.05, 0.1) is 11.0 Å². The molecule has 1 atom stereocenters. The molecule has 1 aromatic carbocycles. The minimum absolute atomic E-state index is 0.0107. The van der Waals surface area contributed by atoms with E-state index < -0.39 is 0 Å². The van der Waals surface area contributed by atoms with Crippen molar-refractivity contribution >= 4 is 33.2 Å². The molecule has 1 fully saturated rings. The van der Waals surface area contributed by atoms with Gasteiger partial charge in [-0.2, -0.15) is 0 Å². The van der Waals surface area contributed by atoms with Crippen LogP contribution in [0.15, 0.2) is 35.4 Å². The Morgan fingerprint density at radius 3 is 2.50 bits per heavy atom. The number of hydrogen-bond acceptors (Lipinski definition) is 4. The Hall–Kier alpha value is -2.76. The normalized spacial score (nSPS) is 16.9. The molecule has 0 bridgehead atoms. The monoisotopic (exact) mass is 375 g/mol. The van der Waals surface area contributed by atoms with Gasteiger partial charge in [-0.15, -0.1) is 0 Å². The number of nitrogens with zero attached hydrogens (tertiary/aromatic N) is 5. The molecular formula is C22H25N5O. The van der Waals surface area contributed by atoms with Crippen LogP contribution in [0.25, 0.3) is 33.2 Å². The quantitative estimate of drug-likeness (QED) is 0.517. The van der Waals surface area contributed by atoms with Gasteiger partial charge in [-0.25, -0.2) is 15.0 Å². The SMILES string of the molecule is CC[C@@H](C)n1cnc2c(c1=O)c1nc3ccccc3nc1n2C1CCCCC1. The lowest BCUT2D eigenvalue weighted by atomic mass is 9.95. The van der Waals surface area contributed by atoms with Gasteiger partial charge in [-0.3, -0.25) is 9.36 Å². The molecule has 3 heterocycles. The Kier molecular flexibility index (Phi) is 4.14. The van der Waals surface area contributed by atoms with Crippen LogP contribution in [0.4, 0.5) is 0 Å². The lowest BCUT2D eigenvalue weighted by molar-refractivity contribution is 0.365. The first-order chi connectivity index (χ1) is 13.7. The molecule has 0 spiro atoms. The Morgan fingerprint density at radius 2 is 1.79 bits per heavy atom. The van der Waals surface area contributed by atoms with Crippen LogP contribution in [0.2, 0.25) is 0 Å². The summed E-state index contributed by atoms with van der Waals surface area (Å²) in [5.41, 5.74) is 3.89. The molecule has 0 amide bonds. The second-order valence-electron chi connectivity index (χ2n) is 7.96. The van der Waals surface area contributed by atoms with E-state index in [1.165, 1.54) is 19.3 Å². The smallest absolute Gasteiger partial charge is 0.265 e. The van der Waals surface area contributed by atoms with Crippen molar-refractivity contribution < 1.29 is 0 Å². The van der Waals surface area contributed by atoms with Gasteiger partial charge in [-0.05, 0) is 38.3 Å². The molecule has 1 aliphatic carbocycles. The third kappa shape index (κ3) is 2.54. The van der Waals surface area contributed by atoms with Gasteiger partial charge in [0.1, 0.15) is 17.2 Å². The highest BCUT2D eigenvalue weighted by Gasteiger charge is 2.26. The predicted molar refractivity (Wildman–Crippen MR) is 112 cm³/mol. The number of fused-ring (bicyclic) bond motifs is 4. The summed E-state index contributed by atoms with van der Waals surface area (Å²) >= 11 is 0. The molecule has 6 heteroatoms. The zero-order chi connectivity index (χ0) is 19.3. The lowest BCUT2D eigenvalue weighted by Gasteiger charge is -2.24. The average molecular weight is 375 g/mol. The van der Waals surface area contributed by atoms with Crippen molar-refractivity contribution in [2.75, 3.05) is 0 Å². The zero-order valence-corrected chi connectivity index (χ0v) is 16.4. The largest absolute Gasteiger partial charge is 0.305 e. The summed E-state index contributed by atoms with van der Waals surface area (Å²) in [4.78, 5) is 28.0. The van der Waals surface area contributed by atoms with Crippen molar-refractivity contribution in [2.45, 2.75) is 64.5 Å². The van der Waals surface area contributed by atoms with Crippen LogP contribution < -0.4 is 5.56 Å². The topological polar surface area (TPSA) is 65.6 Å². The summed E-state index contributed by atoms with van der Waals surface area (Å²) in [6.07, 6.45) is 8.47. The van der Waals surface area contributed by atoms with E-state index in [-0.39, 0.29) is 11.6 Å². The first kappa shape index (κ1) is 17.3. The lowest BCUT2D eigenvalue weighted by Crippen LogP contribution is -2.24. The predicted octanol–water partition coefficient (Wildman–Crippen LogP) is 4.77. The molecular weight excluding hydrogens is 350 g/mol. The highest BCUT2D eigenvalue weighted by Crippen LogP contribution is 2.35. The summed E-state index contributed by atoms with van der Waals surface area (Å²) in [7, 11) is 0. The number of aromatic nitrogens is 5. The van der Waals surface area contributed by atoms with E-state index in [2.05, 4.69) is 18.4 Å². The molecule has 0 N–H and O–H groups in total. The van der Waals surface area contributed by atoms with Gasteiger partial charge >= 0.3 is 0 Å². The van der Waals surface area contributed by atoms with E-state index >= 15 is 0 Å². The van der Waals surface area contributed by atoms with E-state index in [9.17, 15) is 4.79 Å². The van der Waals surface area contributed by atoms with E-state index in [0.29, 0.717) is 16.9 Å². The first-order valence-corrected chi connectivity index (χ1v) is 10.4. The van der Waals surface area contributed by atoms with Crippen molar-refractivity contribution in [3.05, 3.63) is 40.9 Å². The molecule has 28 heavy (non-hydrogen) atoms. The van der Waals surface area contributed by atoms with Gasteiger partial charge in [-0.1, -0.05) is 38.3 Å². The minimum atomic E-state index is -0.0107. The van der Waals surface area contributed by atoms with Crippen LogP contribution in [0.5, 0.6) is 0 Å². The van der Waals surface area contributed by atoms with Gasteiger partial charge in [0.25, 0.3) is 5.56 Å². The molecule has 0 radical (unpaired) electrons. The van der Waals surface area contributed by atoms with Crippen molar-refractivity contribution in [3.8, 4) is 0 Å². The van der Waals surface area contributed by atoms with E-state index in [4.69, 9.17) is 15.0 Å². The molecule has 0 saturated heterocycles. The molecule has 3 aromatic heterocycles. The van der Waals surface area contributed by atoms with Crippen LogP contribution >= 0.6 is 0 Å². The molecule has 0 aliphatic heterocycles. The fourth-order valence-corrected chi connectivity index (χ4v) is 4.47. The maximum Gasteiger partial charge on any atom is 0.265 e. The molecule has 4 aromatic rings. The first-order valence-electron chi connectivity index (χ1n) is 10.4. The summed E-state index contributed by atoms with van der Waals surface area (Å²) < 4.78 is 3.94. The van der Waals surface area contributed by atoms with Crippen molar-refractivity contribution in [2.24, 2.45) is 0 Å². The fraction of sp³-hybridized carbons (Fsp3) is 0.455. The highest BCUT2D eigenvalue weighted by molar-refractivity contribution is 6.04. The number of para-hydroxylation sites is 2. The molecule has 6 nitrogen and oxygen atoms in total. The Balaban J connectivity index is 1.91. The van der Waals surface area contributed by atoms with E-state index in [0.717, 1.165) is 41.6 Å². The third-order valence-electron chi connectivity index (χ3n) is 6.23. The fourth-order valence-electron chi connectivity index (χ4n) is 4.47. The summed E-state index contributed by atoms with van der Waals surface area (Å²) in [5.74, 6) is 0. The van der Waals surface area contributed by atoms with E-state index in [1.54, 1.807) is 10.9 Å². The van der Waals surface area contributed by atoms with Crippen molar-refractivity contribution in [1.82, 2.24) is 24.1 Å². The molecule has 5 rings (SSSR count). The van der Waals surface area contributed by atoms with Gasteiger partial charge in [0.15, 0.2) is 11.3 Å². The average Bonchev–Trinajstić information content (AvgIpc) is 3.06. The van der Waals surface area contributed by atoms with E-state index in [1.807, 2.05) is 24.3 Å². The minimum Gasteiger partial charge on any atom is -0.305 e. The van der Waals surface area contributed by atoms with Gasteiger partial charge < -0.3 is 4.57 Å². The van der Waals surface area contributed by atoms with Crippen molar-refractivity contribution in [3.63, 3.8) is 0 Å².